The van der Waals surface area contributed by atoms with Crippen LogP contribution in [0.15, 0.2) is 53.0 Å². The predicted octanol–water partition coefficient (Wildman–Crippen LogP) is 5.07. The summed E-state index contributed by atoms with van der Waals surface area (Å²) in [5, 5.41) is 2.95. The van der Waals surface area contributed by atoms with E-state index >= 15 is 0 Å². The van der Waals surface area contributed by atoms with Crippen molar-refractivity contribution in [1.29, 1.82) is 0 Å². The Labute approximate surface area is 151 Å². The van der Waals surface area contributed by atoms with Crippen LogP contribution in [-0.2, 0) is 4.74 Å². The van der Waals surface area contributed by atoms with Gasteiger partial charge in [0.05, 0.1) is 17.6 Å². The standard InChI is InChI=1S/C19H22BrNO3/c1-19(2,3)24-18(22)21-17(13-8-6-5-7-9-13)14-10-11-16(23-4)15(20)12-14/h5-12,17H,1-4H3,(H,21,22). The molecule has 0 aliphatic carbocycles. The van der Waals surface area contributed by atoms with Crippen LogP contribution in [0.3, 0.4) is 0 Å². The van der Waals surface area contributed by atoms with E-state index < -0.39 is 11.7 Å². The normalized spacial score (nSPS) is 12.4. The zero-order valence-corrected chi connectivity index (χ0v) is 15.9. The Bertz CT molecular complexity index is 696. The van der Waals surface area contributed by atoms with Crippen molar-refractivity contribution >= 4 is 22.0 Å². The lowest BCUT2D eigenvalue weighted by Gasteiger charge is -2.24. The summed E-state index contributed by atoms with van der Waals surface area (Å²) in [6.45, 7) is 5.52. The van der Waals surface area contributed by atoms with Gasteiger partial charge in [0.1, 0.15) is 11.4 Å². The lowest BCUT2D eigenvalue weighted by Crippen LogP contribution is -2.35. The number of hydrogen-bond donors (Lipinski definition) is 1. The number of alkyl carbamates (subject to hydrolysis) is 1. The molecule has 0 saturated heterocycles. The van der Waals surface area contributed by atoms with Gasteiger partial charge in [0.2, 0.25) is 0 Å². The van der Waals surface area contributed by atoms with Crippen LogP contribution in [0.25, 0.3) is 0 Å². The lowest BCUT2D eigenvalue weighted by atomic mass is 9.99. The van der Waals surface area contributed by atoms with Gasteiger partial charge >= 0.3 is 6.09 Å². The number of carbonyl (C=O) groups excluding carboxylic acids is 1. The van der Waals surface area contributed by atoms with Gasteiger partial charge in [0.25, 0.3) is 0 Å². The highest BCUT2D eigenvalue weighted by atomic mass is 79.9. The molecule has 2 aromatic rings. The van der Waals surface area contributed by atoms with Crippen LogP contribution in [0.2, 0.25) is 0 Å². The molecule has 4 nitrogen and oxygen atoms in total. The van der Waals surface area contributed by atoms with Crippen LogP contribution in [0.5, 0.6) is 5.75 Å². The number of amides is 1. The molecule has 5 heteroatoms. The first kappa shape index (κ1) is 18.3. The Balaban J connectivity index is 2.33. The van der Waals surface area contributed by atoms with Gasteiger partial charge in [0, 0.05) is 0 Å². The van der Waals surface area contributed by atoms with Crippen molar-refractivity contribution in [3.05, 3.63) is 64.1 Å². The maximum Gasteiger partial charge on any atom is 0.408 e. The van der Waals surface area contributed by atoms with E-state index in [0.717, 1.165) is 21.3 Å². The van der Waals surface area contributed by atoms with E-state index in [1.807, 2.05) is 69.3 Å². The molecule has 0 bridgehead atoms. The first-order chi connectivity index (χ1) is 11.3. The average molecular weight is 392 g/mol. The van der Waals surface area contributed by atoms with Gasteiger partial charge < -0.3 is 14.8 Å². The van der Waals surface area contributed by atoms with Crippen LogP contribution in [-0.4, -0.2) is 18.8 Å². The molecule has 0 fully saturated rings. The first-order valence-corrected chi connectivity index (χ1v) is 8.47. The first-order valence-electron chi connectivity index (χ1n) is 7.68. The molecule has 1 amide bonds. The number of hydrogen-bond acceptors (Lipinski definition) is 3. The number of nitrogens with one attached hydrogen (secondary N) is 1. The number of ether oxygens (including phenoxy) is 2. The molecule has 1 atom stereocenters. The summed E-state index contributed by atoms with van der Waals surface area (Å²) in [5.74, 6) is 0.739. The minimum Gasteiger partial charge on any atom is -0.496 e. The van der Waals surface area contributed by atoms with Crippen molar-refractivity contribution in [1.82, 2.24) is 5.32 Å². The molecule has 2 rings (SSSR count). The maximum atomic E-state index is 12.3. The van der Waals surface area contributed by atoms with E-state index in [-0.39, 0.29) is 6.04 Å². The quantitative estimate of drug-likeness (QED) is 0.790. The number of benzene rings is 2. The van der Waals surface area contributed by atoms with Crippen molar-refractivity contribution in [3.63, 3.8) is 0 Å². The van der Waals surface area contributed by atoms with Gasteiger partial charge in [0.15, 0.2) is 0 Å². The minimum absolute atomic E-state index is 0.316. The van der Waals surface area contributed by atoms with Crippen LogP contribution < -0.4 is 10.1 Å². The fourth-order valence-corrected chi connectivity index (χ4v) is 2.85. The van der Waals surface area contributed by atoms with E-state index in [0.29, 0.717) is 0 Å². The monoisotopic (exact) mass is 391 g/mol. The average Bonchev–Trinajstić information content (AvgIpc) is 2.51. The highest BCUT2D eigenvalue weighted by Crippen LogP contribution is 2.30. The van der Waals surface area contributed by atoms with E-state index in [4.69, 9.17) is 9.47 Å². The summed E-state index contributed by atoms with van der Waals surface area (Å²) < 4.78 is 11.5. The maximum absolute atomic E-state index is 12.3. The molecule has 0 heterocycles. The fourth-order valence-electron chi connectivity index (χ4n) is 2.29. The van der Waals surface area contributed by atoms with Gasteiger partial charge in [-0.05, 0) is 60.0 Å². The molecule has 128 valence electrons. The zero-order valence-electron chi connectivity index (χ0n) is 14.3. The predicted molar refractivity (Wildman–Crippen MR) is 98.3 cm³/mol. The SMILES string of the molecule is COc1ccc(C(NC(=O)OC(C)(C)C)c2ccccc2)cc1Br. The van der Waals surface area contributed by atoms with E-state index in [1.165, 1.54) is 0 Å². The second kappa shape index (κ2) is 7.71. The van der Waals surface area contributed by atoms with Crippen LogP contribution in [0.1, 0.15) is 37.9 Å². The topological polar surface area (TPSA) is 47.6 Å². The summed E-state index contributed by atoms with van der Waals surface area (Å²) in [6.07, 6.45) is -0.455. The third-order valence-electron chi connectivity index (χ3n) is 3.30. The van der Waals surface area contributed by atoms with Gasteiger partial charge in [-0.3, -0.25) is 0 Å². The fraction of sp³-hybridized carbons (Fsp3) is 0.316. The molecule has 0 aliphatic rings. The molecule has 24 heavy (non-hydrogen) atoms. The summed E-state index contributed by atoms with van der Waals surface area (Å²) in [7, 11) is 1.62. The second-order valence-electron chi connectivity index (χ2n) is 6.38. The minimum atomic E-state index is -0.550. The van der Waals surface area contributed by atoms with Gasteiger partial charge in [-0.15, -0.1) is 0 Å². The Kier molecular flexibility index (Phi) is 5.89. The molecule has 0 radical (unpaired) electrons. The summed E-state index contributed by atoms with van der Waals surface area (Å²) in [6, 6.07) is 15.2. The Morgan fingerprint density at radius 1 is 1.08 bits per heavy atom. The Hall–Kier alpha value is -2.01. The molecular formula is C19H22BrNO3. The highest BCUT2D eigenvalue weighted by molar-refractivity contribution is 9.10. The molecule has 0 saturated carbocycles. The van der Waals surface area contributed by atoms with Gasteiger partial charge in [-0.25, -0.2) is 4.79 Å². The molecule has 2 aromatic carbocycles. The number of carbonyl (C=O) groups is 1. The van der Waals surface area contributed by atoms with Crippen molar-refractivity contribution in [2.75, 3.05) is 7.11 Å². The van der Waals surface area contributed by atoms with E-state index in [1.54, 1.807) is 7.11 Å². The van der Waals surface area contributed by atoms with Gasteiger partial charge in [-0.2, -0.15) is 0 Å². The van der Waals surface area contributed by atoms with Crippen LogP contribution >= 0.6 is 15.9 Å². The second-order valence-corrected chi connectivity index (χ2v) is 7.24. The third-order valence-corrected chi connectivity index (χ3v) is 3.92. The molecular weight excluding hydrogens is 370 g/mol. The molecule has 1 unspecified atom stereocenters. The molecule has 1 N–H and O–H groups in total. The Morgan fingerprint density at radius 3 is 2.29 bits per heavy atom. The van der Waals surface area contributed by atoms with Crippen molar-refractivity contribution in [3.8, 4) is 5.75 Å². The highest BCUT2D eigenvalue weighted by Gasteiger charge is 2.22. The van der Waals surface area contributed by atoms with Crippen molar-refractivity contribution < 1.29 is 14.3 Å². The van der Waals surface area contributed by atoms with E-state index in [2.05, 4.69) is 21.2 Å². The summed E-state index contributed by atoms with van der Waals surface area (Å²) in [4.78, 5) is 12.3. The van der Waals surface area contributed by atoms with Crippen molar-refractivity contribution in [2.45, 2.75) is 32.4 Å². The van der Waals surface area contributed by atoms with Crippen LogP contribution in [0.4, 0.5) is 4.79 Å². The van der Waals surface area contributed by atoms with E-state index in [9.17, 15) is 4.79 Å². The molecule has 0 spiro atoms. The zero-order chi connectivity index (χ0) is 17.7. The molecule has 0 aromatic heterocycles. The number of halogens is 1. The summed E-state index contributed by atoms with van der Waals surface area (Å²) in [5.41, 5.74) is 1.35. The van der Waals surface area contributed by atoms with Gasteiger partial charge in [-0.1, -0.05) is 36.4 Å². The van der Waals surface area contributed by atoms with Crippen LogP contribution in [0, 0.1) is 0 Å². The number of methoxy groups -OCH3 is 1. The third kappa shape index (κ3) is 4.99. The largest absolute Gasteiger partial charge is 0.496 e. The number of rotatable bonds is 4. The molecule has 0 aliphatic heterocycles. The smallest absolute Gasteiger partial charge is 0.408 e. The lowest BCUT2D eigenvalue weighted by molar-refractivity contribution is 0.0512. The summed E-state index contributed by atoms with van der Waals surface area (Å²) >= 11 is 3.49. The van der Waals surface area contributed by atoms with Crippen molar-refractivity contribution in [2.24, 2.45) is 0 Å². The Morgan fingerprint density at radius 2 is 1.75 bits per heavy atom.